The van der Waals surface area contributed by atoms with Gasteiger partial charge < -0.3 is 31.1 Å². The second kappa shape index (κ2) is 16.8. The highest BCUT2D eigenvalue weighted by Gasteiger charge is 2.62. The monoisotopic (exact) mass is 758 g/mol. The van der Waals surface area contributed by atoms with Crippen molar-refractivity contribution >= 4 is 52.9 Å². The fourth-order valence-corrected chi connectivity index (χ4v) is 7.64. The fourth-order valence-electron chi connectivity index (χ4n) is 7.37. The molecule has 2 unspecified atom stereocenters. The van der Waals surface area contributed by atoms with Crippen LogP contribution in [-0.4, -0.2) is 64.9 Å². The van der Waals surface area contributed by atoms with E-state index in [4.69, 9.17) is 16.3 Å². The summed E-state index contributed by atoms with van der Waals surface area (Å²) in [6.07, 6.45) is 3.45. The molecule has 0 aliphatic heterocycles. The highest BCUT2D eigenvalue weighted by molar-refractivity contribution is 6.31. The normalized spacial score (nSPS) is 19.1. The number of anilines is 1. The number of ether oxygens (including phenoxy) is 1. The molecule has 13 heteroatoms. The van der Waals surface area contributed by atoms with Gasteiger partial charge in [-0.3, -0.25) is 19.2 Å². The molecule has 0 heterocycles. The number of aliphatic carboxylic acids is 1. The number of carbonyl (C=O) groups is 6. The number of hydrogen-bond acceptors (Lipinski definition) is 7. The molecule has 3 aromatic rings. The van der Waals surface area contributed by atoms with Crippen molar-refractivity contribution in [3.63, 3.8) is 0 Å². The molecule has 2 aliphatic carbocycles. The number of esters is 1. The molecule has 0 saturated heterocycles. The van der Waals surface area contributed by atoms with Crippen molar-refractivity contribution in [3.05, 3.63) is 101 Å². The first kappa shape index (κ1) is 40.0. The van der Waals surface area contributed by atoms with Crippen LogP contribution in [0.2, 0.25) is 5.02 Å². The Hall–Kier alpha value is -5.23. The molecule has 4 amide bonds. The summed E-state index contributed by atoms with van der Waals surface area (Å²) in [4.78, 5) is 77.7. The molecule has 12 nitrogen and oxygen atoms in total. The summed E-state index contributed by atoms with van der Waals surface area (Å²) in [5, 5.41) is 21.2. The zero-order valence-corrected chi connectivity index (χ0v) is 31.5. The maximum Gasteiger partial charge on any atom is 0.328 e. The molecular formula is C41H47ClN4O8. The number of nitrogens with one attached hydrogen (secondary N) is 4. The van der Waals surface area contributed by atoms with Crippen LogP contribution in [0.15, 0.2) is 78.9 Å². The van der Waals surface area contributed by atoms with Crippen molar-refractivity contribution < 1.29 is 38.6 Å². The topological polar surface area (TPSA) is 180 Å². The number of amides is 4. The lowest BCUT2D eigenvalue weighted by Crippen LogP contribution is -2.51. The molecule has 0 spiro atoms. The minimum atomic E-state index is -1.45. The first-order chi connectivity index (χ1) is 25.6. The van der Waals surface area contributed by atoms with E-state index in [-0.39, 0.29) is 43.4 Å². The van der Waals surface area contributed by atoms with Crippen molar-refractivity contribution in [2.45, 2.75) is 94.7 Å². The number of benzene rings is 3. The van der Waals surface area contributed by atoms with Crippen LogP contribution in [0.5, 0.6) is 0 Å². The lowest BCUT2D eigenvalue weighted by Gasteiger charge is -2.30. The molecule has 3 aromatic carbocycles. The third-order valence-electron chi connectivity index (χ3n) is 10.4. The molecule has 286 valence electrons. The second-order valence-corrected chi connectivity index (χ2v) is 15.4. The van der Waals surface area contributed by atoms with Crippen LogP contribution < -0.4 is 21.3 Å². The zero-order chi connectivity index (χ0) is 39.1. The summed E-state index contributed by atoms with van der Waals surface area (Å²) in [7, 11) is 1.23. The van der Waals surface area contributed by atoms with Gasteiger partial charge in [0.1, 0.15) is 17.1 Å². The van der Waals surface area contributed by atoms with Crippen molar-refractivity contribution in [2.75, 3.05) is 12.4 Å². The van der Waals surface area contributed by atoms with Gasteiger partial charge in [0.15, 0.2) is 0 Å². The number of hydrogen-bond donors (Lipinski definition) is 5. The summed E-state index contributed by atoms with van der Waals surface area (Å²) < 4.78 is 4.99. The predicted octanol–water partition coefficient (Wildman–Crippen LogP) is 5.08. The highest BCUT2D eigenvalue weighted by atomic mass is 35.5. The van der Waals surface area contributed by atoms with E-state index < -0.39 is 46.3 Å². The van der Waals surface area contributed by atoms with E-state index in [1.54, 1.807) is 30.3 Å². The van der Waals surface area contributed by atoms with E-state index in [2.05, 4.69) is 21.3 Å². The SMILES string of the molecule is COC(=O)[C@@H](Cc1ccc(NC(=O)C2(NC(=O)Cc3ccccc3)CC2c2ccccc2Cl)cc1)NC(=O)CC1(CC(=O)NC(C)(C)C(=O)O)CCCC1. The molecule has 2 aliphatic rings. The maximum atomic E-state index is 13.9. The molecule has 2 fully saturated rings. The van der Waals surface area contributed by atoms with E-state index in [9.17, 15) is 33.9 Å². The summed E-state index contributed by atoms with van der Waals surface area (Å²) in [5.41, 5.74) is -0.584. The molecule has 2 saturated carbocycles. The lowest BCUT2D eigenvalue weighted by molar-refractivity contribution is -0.146. The molecular weight excluding hydrogens is 712 g/mol. The van der Waals surface area contributed by atoms with Gasteiger partial charge in [0.05, 0.1) is 13.5 Å². The molecule has 54 heavy (non-hydrogen) atoms. The van der Waals surface area contributed by atoms with Crippen LogP contribution >= 0.6 is 11.6 Å². The van der Waals surface area contributed by atoms with Crippen LogP contribution in [-0.2, 0) is 46.3 Å². The minimum absolute atomic E-state index is 0.00872. The van der Waals surface area contributed by atoms with Gasteiger partial charge in [0, 0.05) is 35.9 Å². The van der Waals surface area contributed by atoms with Crippen molar-refractivity contribution in [2.24, 2.45) is 5.41 Å². The van der Waals surface area contributed by atoms with Crippen LogP contribution in [0.4, 0.5) is 5.69 Å². The number of carboxylic acids is 1. The highest BCUT2D eigenvalue weighted by Crippen LogP contribution is 2.54. The third kappa shape index (κ3) is 9.84. The first-order valence-corrected chi connectivity index (χ1v) is 18.4. The Bertz CT molecular complexity index is 1880. The Labute approximate surface area is 319 Å². The van der Waals surface area contributed by atoms with Gasteiger partial charge in [-0.2, -0.15) is 0 Å². The summed E-state index contributed by atoms with van der Waals surface area (Å²) in [5.74, 6) is -3.68. The van der Waals surface area contributed by atoms with Crippen molar-refractivity contribution in [1.82, 2.24) is 16.0 Å². The molecule has 0 radical (unpaired) electrons. The zero-order valence-electron chi connectivity index (χ0n) is 30.7. The summed E-state index contributed by atoms with van der Waals surface area (Å²) in [6.45, 7) is 2.80. The van der Waals surface area contributed by atoms with Gasteiger partial charge in [0.2, 0.25) is 17.7 Å². The first-order valence-electron chi connectivity index (χ1n) is 18.1. The van der Waals surface area contributed by atoms with Gasteiger partial charge >= 0.3 is 11.9 Å². The Kier molecular flexibility index (Phi) is 12.5. The Morgan fingerprint density at radius 1 is 0.852 bits per heavy atom. The molecule has 5 N–H and O–H groups in total. The number of carboxylic acid groups (broad SMARTS) is 1. The minimum Gasteiger partial charge on any atom is -0.480 e. The predicted molar refractivity (Wildman–Crippen MR) is 203 cm³/mol. The number of rotatable bonds is 16. The summed E-state index contributed by atoms with van der Waals surface area (Å²) >= 11 is 6.50. The molecule has 0 aromatic heterocycles. The van der Waals surface area contributed by atoms with E-state index in [0.29, 0.717) is 35.5 Å². The standard InChI is InChI=1S/C41H47ClN4O8/c1-39(2,38(52)53)45-35(49)25-40(19-9-10-20-40)24-34(48)44-32(36(50)54-3)21-27-15-17-28(18-16-27)43-37(51)41(23-30(41)29-13-7-8-14-31(29)42)46-33(47)22-26-11-5-4-6-12-26/h4-8,11-18,30,32H,9-10,19-25H2,1-3H3,(H,43,51)(H,44,48)(H,45,49)(H,46,47)(H,52,53)/t30?,32-,41?/m1/s1. The van der Waals surface area contributed by atoms with Gasteiger partial charge in [-0.05, 0) is 73.4 Å². The Morgan fingerprint density at radius 3 is 2.11 bits per heavy atom. The number of methoxy groups -OCH3 is 1. The van der Waals surface area contributed by atoms with Crippen LogP contribution in [0, 0.1) is 5.41 Å². The van der Waals surface area contributed by atoms with Crippen LogP contribution in [0.25, 0.3) is 0 Å². The fraction of sp³-hybridized carbons (Fsp3) is 0.415. The maximum absolute atomic E-state index is 13.9. The van der Waals surface area contributed by atoms with E-state index in [0.717, 1.165) is 24.0 Å². The van der Waals surface area contributed by atoms with Crippen molar-refractivity contribution in [3.8, 4) is 0 Å². The van der Waals surface area contributed by atoms with Crippen LogP contribution in [0.1, 0.15) is 81.4 Å². The van der Waals surface area contributed by atoms with E-state index in [1.165, 1.54) is 21.0 Å². The average molecular weight is 759 g/mol. The van der Waals surface area contributed by atoms with E-state index in [1.807, 2.05) is 48.5 Å². The smallest absolute Gasteiger partial charge is 0.328 e. The number of carbonyl (C=O) groups excluding carboxylic acids is 5. The molecule has 3 atom stereocenters. The second-order valence-electron chi connectivity index (χ2n) is 15.0. The van der Waals surface area contributed by atoms with Crippen molar-refractivity contribution in [1.29, 1.82) is 0 Å². The molecule has 5 rings (SSSR count). The number of halogens is 1. The van der Waals surface area contributed by atoms with Crippen LogP contribution in [0.3, 0.4) is 0 Å². The quantitative estimate of drug-likeness (QED) is 0.125. The van der Waals surface area contributed by atoms with E-state index >= 15 is 0 Å². The van der Waals surface area contributed by atoms with Gasteiger partial charge in [-0.25, -0.2) is 9.59 Å². The third-order valence-corrected chi connectivity index (χ3v) is 10.8. The van der Waals surface area contributed by atoms with Gasteiger partial charge in [0.25, 0.3) is 5.91 Å². The average Bonchev–Trinajstić information content (AvgIpc) is 3.67. The summed E-state index contributed by atoms with van der Waals surface area (Å²) in [6, 6.07) is 22.3. The van der Waals surface area contributed by atoms with Gasteiger partial charge in [-0.1, -0.05) is 85.1 Å². The Morgan fingerprint density at radius 2 is 1.48 bits per heavy atom. The van der Waals surface area contributed by atoms with Gasteiger partial charge in [-0.15, -0.1) is 0 Å². The largest absolute Gasteiger partial charge is 0.480 e. The lowest BCUT2D eigenvalue weighted by atomic mass is 9.78. The Balaban J connectivity index is 1.23. The molecule has 0 bridgehead atoms.